The van der Waals surface area contributed by atoms with Gasteiger partial charge in [0.25, 0.3) is 5.91 Å². The Morgan fingerprint density at radius 2 is 1.66 bits per heavy atom. The Kier molecular flexibility index (Phi) is 7.15. The van der Waals surface area contributed by atoms with Gasteiger partial charge in [-0.05, 0) is 49.2 Å². The van der Waals surface area contributed by atoms with Crippen LogP contribution in [0.15, 0.2) is 48.5 Å². The largest absolute Gasteiger partial charge is 0.481 e. The van der Waals surface area contributed by atoms with Gasteiger partial charge in [-0.25, -0.2) is 0 Å². The van der Waals surface area contributed by atoms with Crippen LogP contribution >= 0.6 is 0 Å². The van der Waals surface area contributed by atoms with Gasteiger partial charge in [-0.1, -0.05) is 44.2 Å². The number of hydrogen-bond acceptors (Lipinski definition) is 4. The number of rotatable bonds is 7. The predicted molar refractivity (Wildman–Crippen MR) is 119 cm³/mol. The molecule has 1 aliphatic heterocycles. The van der Waals surface area contributed by atoms with Crippen LogP contribution < -0.4 is 15.0 Å². The molecule has 2 aromatic rings. The predicted octanol–water partition coefficient (Wildman–Crippen LogP) is 3.65. The molecule has 5 heteroatoms. The molecule has 0 unspecified atom stereocenters. The minimum atomic E-state index is -0.542. The van der Waals surface area contributed by atoms with Gasteiger partial charge in [0.2, 0.25) is 0 Å². The molecule has 0 bridgehead atoms. The number of nitrogens with zero attached hydrogens (tertiary/aromatic N) is 2. The van der Waals surface area contributed by atoms with Crippen molar-refractivity contribution in [3.63, 3.8) is 0 Å². The van der Waals surface area contributed by atoms with E-state index in [1.807, 2.05) is 24.3 Å². The summed E-state index contributed by atoms with van der Waals surface area (Å²) in [4.78, 5) is 17.3. The van der Waals surface area contributed by atoms with Crippen molar-refractivity contribution in [2.75, 3.05) is 38.1 Å². The van der Waals surface area contributed by atoms with E-state index in [9.17, 15) is 4.79 Å². The van der Waals surface area contributed by atoms with Crippen LogP contribution in [0.1, 0.15) is 37.8 Å². The van der Waals surface area contributed by atoms with Crippen LogP contribution in [0.2, 0.25) is 0 Å². The Hall–Kier alpha value is -2.53. The molecule has 0 saturated carbocycles. The maximum absolute atomic E-state index is 12.5. The monoisotopic (exact) mass is 395 g/mol. The third-order valence-corrected chi connectivity index (χ3v) is 5.49. The number of carbonyl (C=O) groups excluding carboxylic acids is 1. The van der Waals surface area contributed by atoms with Crippen molar-refractivity contribution in [3.05, 3.63) is 59.7 Å². The van der Waals surface area contributed by atoms with E-state index in [1.54, 1.807) is 6.92 Å². The zero-order valence-electron chi connectivity index (χ0n) is 18.0. The average Bonchev–Trinajstić information content (AvgIpc) is 2.73. The average molecular weight is 396 g/mol. The van der Waals surface area contributed by atoms with Crippen LogP contribution in [0.4, 0.5) is 5.69 Å². The molecule has 0 spiro atoms. The van der Waals surface area contributed by atoms with E-state index in [-0.39, 0.29) is 5.91 Å². The summed E-state index contributed by atoms with van der Waals surface area (Å²) in [5.74, 6) is 1.02. The van der Waals surface area contributed by atoms with Gasteiger partial charge in [-0.15, -0.1) is 0 Å². The third kappa shape index (κ3) is 5.73. The topological polar surface area (TPSA) is 44.8 Å². The maximum Gasteiger partial charge on any atom is 0.261 e. The van der Waals surface area contributed by atoms with Crippen molar-refractivity contribution < 1.29 is 9.53 Å². The van der Waals surface area contributed by atoms with Crippen molar-refractivity contribution in [2.45, 2.75) is 39.3 Å². The van der Waals surface area contributed by atoms with Crippen molar-refractivity contribution >= 4 is 11.6 Å². The second-order valence-corrected chi connectivity index (χ2v) is 8.13. The number of nitrogens with one attached hydrogen (secondary N) is 1. The minimum absolute atomic E-state index is 0.105. The van der Waals surface area contributed by atoms with Crippen molar-refractivity contribution in [1.29, 1.82) is 0 Å². The van der Waals surface area contributed by atoms with Gasteiger partial charge in [0.15, 0.2) is 6.10 Å². The molecule has 1 atom stereocenters. The van der Waals surface area contributed by atoms with Crippen LogP contribution in [0.5, 0.6) is 5.75 Å². The van der Waals surface area contributed by atoms with Gasteiger partial charge in [0.05, 0.1) is 0 Å². The first-order valence-electron chi connectivity index (χ1n) is 10.5. The summed E-state index contributed by atoms with van der Waals surface area (Å²) >= 11 is 0. The fraction of sp³-hybridized carbons (Fsp3) is 0.458. The highest BCUT2D eigenvalue weighted by atomic mass is 16.5. The minimum Gasteiger partial charge on any atom is -0.481 e. The molecule has 1 aliphatic rings. The van der Waals surface area contributed by atoms with E-state index in [0.717, 1.165) is 43.1 Å². The second-order valence-electron chi connectivity index (χ2n) is 8.13. The number of carbonyl (C=O) groups is 1. The first kappa shape index (κ1) is 21.2. The fourth-order valence-corrected chi connectivity index (χ4v) is 3.53. The Morgan fingerprint density at radius 1 is 1.00 bits per heavy atom. The number of anilines is 1. The molecular formula is C24H33N3O2. The number of amides is 1. The van der Waals surface area contributed by atoms with Crippen molar-refractivity contribution in [2.24, 2.45) is 0 Å². The molecule has 3 rings (SSSR count). The fourth-order valence-electron chi connectivity index (χ4n) is 3.53. The molecule has 0 aromatic heterocycles. The SMILES string of the molecule is CC(C)c1ccccc1O[C@H](C)C(=O)NCc1ccc(N2CCN(C)CC2)cc1. The molecule has 5 nitrogen and oxygen atoms in total. The molecular weight excluding hydrogens is 362 g/mol. The molecule has 0 aliphatic carbocycles. The summed E-state index contributed by atoms with van der Waals surface area (Å²) in [6.45, 7) is 10.8. The lowest BCUT2D eigenvalue weighted by Gasteiger charge is -2.34. The van der Waals surface area contributed by atoms with Crippen LogP contribution in [0.25, 0.3) is 0 Å². The zero-order chi connectivity index (χ0) is 20.8. The van der Waals surface area contributed by atoms with Gasteiger partial charge < -0.3 is 19.9 Å². The third-order valence-electron chi connectivity index (χ3n) is 5.49. The standard InChI is InChI=1S/C24H33N3O2/c1-18(2)22-7-5-6-8-23(22)29-19(3)24(28)25-17-20-9-11-21(12-10-20)27-15-13-26(4)14-16-27/h5-12,18-19H,13-17H2,1-4H3,(H,25,28)/t19-/m1/s1. The van der Waals surface area contributed by atoms with Crippen LogP contribution in [0.3, 0.4) is 0 Å². The van der Waals surface area contributed by atoms with Crippen LogP contribution in [0, 0.1) is 0 Å². The Morgan fingerprint density at radius 3 is 2.31 bits per heavy atom. The highest BCUT2D eigenvalue weighted by Gasteiger charge is 2.17. The Labute approximate surface area is 174 Å². The lowest BCUT2D eigenvalue weighted by atomic mass is 10.0. The van der Waals surface area contributed by atoms with E-state index in [0.29, 0.717) is 12.5 Å². The first-order chi connectivity index (χ1) is 13.9. The number of para-hydroxylation sites is 1. The maximum atomic E-state index is 12.5. The summed E-state index contributed by atoms with van der Waals surface area (Å²) in [7, 11) is 2.16. The molecule has 1 N–H and O–H groups in total. The second kappa shape index (κ2) is 9.79. The summed E-state index contributed by atoms with van der Waals surface area (Å²) in [5.41, 5.74) is 3.45. The van der Waals surface area contributed by atoms with E-state index in [4.69, 9.17) is 4.74 Å². The highest BCUT2D eigenvalue weighted by molar-refractivity contribution is 5.80. The molecule has 1 saturated heterocycles. The van der Waals surface area contributed by atoms with E-state index >= 15 is 0 Å². The number of likely N-dealkylation sites (N-methyl/N-ethyl adjacent to an activating group) is 1. The lowest BCUT2D eigenvalue weighted by molar-refractivity contribution is -0.127. The molecule has 156 valence electrons. The van der Waals surface area contributed by atoms with Gasteiger partial charge in [-0.3, -0.25) is 4.79 Å². The molecule has 1 amide bonds. The number of benzene rings is 2. The number of hydrogen-bond donors (Lipinski definition) is 1. The number of ether oxygens (including phenoxy) is 1. The summed E-state index contributed by atoms with van der Waals surface area (Å²) < 4.78 is 5.94. The summed E-state index contributed by atoms with van der Waals surface area (Å²) in [5, 5.41) is 2.99. The van der Waals surface area contributed by atoms with E-state index < -0.39 is 6.10 Å². The Balaban J connectivity index is 1.51. The molecule has 0 radical (unpaired) electrons. The van der Waals surface area contributed by atoms with Gasteiger partial charge >= 0.3 is 0 Å². The summed E-state index contributed by atoms with van der Waals surface area (Å²) in [6, 6.07) is 16.4. The van der Waals surface area contributed by atoms with Gasteiger partial charge in [0.1, 0.15) is 5.75 Å². The zero-order valence-corrected chi connectivity index (χ0v) is 18.0. The highest BCUT2D eigenvalue weighted by Crippen LogP contribution is 2.26. The first-order valence-corrected chi connectivity index (χ1v) is 10.5. The van der Waals surface area contributed by atoms with Crippen LogP contribution in [-0.4, -0.2) is 50.1 Å². The van der Waals surface area contributed by atoms with Gasteiger partial charge in [-0.2, -0.15) is 0 Å². The number of piperazine rings is 1. The molecule has 1 heterocycles. The van der Waals surface area contributed by atoms with Gasteiger partial charge in [0, 0.05) is 38.4 Å². The molecule has 1 fully saturated rings. The Bertz CT molecular complexity index is 796. The smallest absolute Gasteiger partial charge is 0.261 e. The lowest BCUT2D eigenvalue weighted by Crippen LogP contribution is -2.44. The molecule has 2 aromatic carbocycles. The quantitative estimate of drug-likeness (QED) is 0.777. The van der Waals surface area contributed by atoms with Crippen molar-refractivity contribution in [3.8, 4) is 5.75 Å². The van der Waals surface area contributed by atoms with E-state index in [1.165, 1.54) is 5.69 Å². The van der Waals surface area contributed by atoms with Crippen LogP contribution in [-0.2, 0) is 11.3 Å². The van der Waals surface area contributed by atoms with Crippen molar-refractivity contribution in [1.82, 2.24) is 10.2 Å². The summed E-state index contributed by atoms with van der Waals surface area (Å²) in [6.07, 6.45) is -0.542. The normalized spacial score (nSPS) is 16.0. The molecule has 29 heavy (non-hydrogen) atoms. The van der Waals surface area contributed by atoms with E-state index in [2.05, 4.69) is 60.3 Å².